The summed E-state index contributed by atoms with van der Waals surface area (Å²) in [6.07, 6.45) is 8.30. The van der Waals surface area contributed by atoms with Crippen molar-refractivity contribution >= 4 is 11.2 Å². The van der Waals surface area contributed by atoms with E-state index in [4.69, 9.17) is 4.18 Å². The monoisotopic (exact) mass is 177 g/mol. The van der Waals surface area contributed by atoms with Crippen LogP contribution in [0.4, 0.5) is 0 Å². The molecule has 0 aromatic carbocycles. The van der Waals surface area contributed by atoms with Crippen LogP contribution in [0.1, 0.15) is 25.7 Å². The third-order valence-electron chi connectivity index (χ3n) is 1.98. The summed E-state index contributed by atoms with van der Waals surface area (Å²) in [5, 5.41) is 9.50. The fourth-order valence-corrected chi connectivity index (χ4v) is 2.16. The summed E-state index contributed by atoms with van der Waals surface area (Å²) in [6.45, 7) is 0. The van der Waals surface area contributed by atoms with Gasteiger partial charge < -0.3 is 5.11 Å². The topological polar surface area (TPSA) is 29.5 Å². The van der Waals surface area contributed by atoms with Gasteiger partial charge in [-0.15, -0.1) is 0 Å². The smallest absolute Gasteiger partial charge is 0.141 e. The van der Waals surface area contributed by atoms with Crippen molar-refractivity contribution in [2.75, 3.05) is 12.5 Å². The molecule has 0 saturated heterocycles. The minimum Gasteiger partial charge on any atom is -0.390 e. The Morgan fingerprint density at radius 3 is 2.45 bits per heavy atom. The van der Waals surface area contributed by atoms with Crippen molar-refractivity contribution in [3.8, 4) is 0 Å². The van der Waals surface area contributed by atoms with Crippen molar-refractivity contribution in [3.05, 3.63) is 0 Å². The molecule has 0 aromatic heterocycles. The van der Waals surface area contributed by atoms with Crippen molar-refractivity contribution in [1.82, 2.24) is 0 Å². The summed E-state index contributed by atoms with van der Waals surface area (Å²) in [7, 11) is 0. The Morgan fingerprint density at radius 2 is 1.91 bits per heavy atom. The lowest BCUT2D eigenvalue weighted by Crippen LogP contribution is -2.33. The van der Waals surface area contributed by atoms with E-state index < -0.39 is 0 Å². The van der Waals surface area contributed by atoms with Crippen LogP contribution in [0, 0.1) is 0 Å². The molecule has 0 bridgehead atoms. The van der Waals surface area contributed by atoms with Gasteiger partial charge in [-0.1, -0.05) is 12.8 Å². The van der Waals surface area contributed by atoms with Crippen LogP contribution in [0.3, 0.4) is 0 Å². The molecule has 0 aliphatic heterocycles. The third-order valence-corrected chi connectivity index (χ3v) is 2.62. The van der Waals surface area contributed by atoms with E-state index in [0.29, 0.717) is 0 Å². The molecule has 2 nitrogen and oxygen atoms in total. The molecule has 2 atom stereocenters. The summed E-state index contributed by atoms with van der Waals surface area (Å²) in [5.74, 6) is 0. The average Bonchev–Trinajstić information content (AvgIpc) is 1.93. The van der Waals surface area contributed by atoms with Crippen molar-refractivity contribution in [2.45, 2.75) is 37.9 Å². The molecule has 1 aliphatic rings. The number of aliphatic hydroxyl groups is 1. The Labute approximate surface area is 71.5 Å². The first-order chi connectivity index (χ1) is 5.20. The molecule has 11 heavy (non-hydrogen) atoms. The summed E-state index contributed by atoms with van der Waals surface area (Å²) >= 11 is 0.00619. The van der Waals surface area contributed by atoms with Crippen molar-refractivity contribution in [3.63, 3.8) is 0 Å². The van der Waals surface area contributed by atoms with Gasteiger partial charge in [0.2, 0.25) is 0 Å². The molecule has 1 N–H and O–H groups in total. The first-order valence-electron chi connectivity index (χ1n) is 4.13. The highest BCUT2D eigenvalue weighted by Crippen LogP contribution is 2.22. The quantitative estimate of drug-likeness (QED) is 0.640. The average molecular weight is 177 g/mol. The Bertz CT molecular complexity index is 117. The Kier molecular flexibility index (Phi) is 3.69. The first kappa shape index (κ1) is 9.36. The lowest BCUT2D eigenvalue weighted by molar-refractivity contribution is 0.0160. The van der Waals surface area contributed by atoms with Gasteiger partial charge in [-0.3, -0.25) is 0 Å². The van der Waals surface area contributed by atoms with Crippen LogP contribution < -0.4 is 0 Å². The van der Waals surface area contributed by atoms with E-state index >= 15 is 0 Å². The van der Waals surface area contributed by atoms with Crippen LogP contribution in [-0.2, 0) is 15.4 Å². The minimum absolute atomic E-state index is 0.00619. The minimum atomic E-state index is -0.210. The van der Waals surface area contributed by atoms with E-state index in [1.807, 2.05) is 12.5 Å². The summed E-state index contributed by atoms with van der Waals surface area (Å²) in [6, 6.07) is 0. The first-order valence-corrected chi connectivity index (χ1v) is 6.09. The van der Waals surface area contributed by atoms with Gasteiger partial charge in [0.25, 0.3) is 0 Å². The van der Waals surface area contributed by atoms with Gasteiger partial charge in [0, 0.05) is 0 Å². The Balaban J connectivity index is 2.29. The predicted molar refractivity (Wildman–Crippen MR) is 48.6 cm³/mol. The van der Waals surface area contributed by atoms with Gasteiger partial charge in [-0.05, 0) is 12.8 Å². The standard InChI is InChI=1S/C8H17O2S/c1-11(2)10-8-6-4-3-5-7(8)9/h7-9H,3-6H2,1-2H3/q+1/t7-,8+/m0/s1. The Hall–Kier alpha value is 0.270. The zero-order valence-corrected chi connectivity index (χ0v) is 8.06. The highest BCUT2D eigenvalue weighted by atomic mass is 32.2. The van der Waals surface area contributed by atoms with Crippen LogP contribution in [0.15, 0.2) is 0 Å². The second kappa shape index (κ2) is 4.33. The fourth-order valence-electron chi connectivity index (χ4n) is 1.44. The van der Waals surface area contributed by atoms with Crippen LogP contribution in [0.25, 0.3) is 0 Å². The van der Waals surface area contributed by atoms with Crippen LogP contribution in [0.5, 0.6) is 0 Å². The zero-order chi connectivity index (χ0) is 8.27. The molecule has 1 rings (SSSR count). The summed E-state index contributed by atoms with van der Waals surface area (Å²) < 4.78 is 5.58. The number of aliphatic hydroxyl groups excluding tert-OH is 1. The molecule has 0 unspecified atom stereocenters. The third kappa shape index (κ3) is 3.01. The van der Waals surface area contributed by atoms with E-state index in [1.54, 1.807) is 0 Å². The van der Waals surface area contributed by atoms with Crippen molar-refractivity contribution in [2.24, 2.45) is 0 Å². The highest BCUT2D eigenvalue weighted by molar-refractivity contribution is 7.90. The van der Waals surface area contributed by atoms with Gasteiger partial charge in [0.15, 0.2) is 0 Å². The Morgan fingerprint density at radius 1 is 1.27 bits per heavy atom. The maximum Gasteiger partial charge on any atom is 0.141 e. The highest BCUT2D eigenvalue weighted by Gasteiger charge is 2.28. The fraction of sp³-hybridized carbons (Fsp3) is 1.00. The van der Waals surface area contributed by atoms with E-state index in [9.17, 15) is 5.11 Å². The number of hydrogen-bond acceptors (Lipinski definition) is 2. The molecular formula is C8H17O2S+. The molecule has 1 fully saturated rings. The normalized spacial score (nSPS) is 32.7. The van der Waals surface area contributed by atoms with E-state index in [2.05, 4.69) is 0 Å². The maximum atomic E-state index is 9.50. The molecule has 0 radical (unpaired) electrons. The molecule has 1 aliphatic carbocycles. The number of rotatable bonds is 2. The lowest BCUT2D eigenvalue weighted by atomic mass is 9.95. The van der Waals surface area contributed by atoms with Crippen molar-refractivity contribution in [1.29, 1.82) is 0 Å². The molecule has 0 aromatic rings. The molecule has 0 heterocycles. The second-order valence-electron chi connectivity index (χ2n) is 3.23. The second-order valence-corrected chi connectivity index (χ2v) is 4.90. The summed E-state index contributed by atoms with van der Waals surface area (Å²) in [4.78, 5) is 0. The van der Waals surface area contributed by atoms with Crippen LogP contribution >= 0.6 is 0 Å². The van der Waals surface area contributed by atoms with Gasteiger partial charge in [-0.25, -0.2) is 0 Å². The zero-order valence-electron chi connectivity index (χ0n) is 7.25. The molecule has 3 heteroatoms. The molecular weight excluding hydrogens is 160 g/mol. The van der Waals surface area contributed by atoms with Crippen molar-refractivity contribution < 1.29 is 9.29 Å². The summed E-state index contributed by atoms with van der Waals surface area (Å²) in [5.41, 5.74) is 0. The van der Waals surface area contributed by atoms with E-state index in [-0.39, 0.29) is 23.4 Å². The van der Waals surface area contributed by atoms with Gasteiger partial charge in [0.1, 0.15) is 29.8 Å². The van der Waals surface area contributed by atoms with Crippen LogP contribution in [-0.4, -0.2) is 29.8 Å². The molecule has 66 valence electrons. The molecule has 0 amide bonds. The predicted octanol–water partition coefficient (Wildman–Crippen LogP) is 1.10. The SMILES string of the molecule is C[S+](C)O[C@@H]1CCCC[C@@H]1O. The van der Waals surface area contributed by atoms with E-state index in [0.717, 1.165) is 19.3 Å². The van der Waals surface area contributed by atoms with Gasteiger partial charge in [0.05, 0.1) is 6.10 Å². The maximum absolute atomic E-state index is 9.50. The molecule has 1 saturated carbocycles. The van der Waals surface area contributed by atoms with Crippen LogP contribution in [0.2, 0.25) is 0 Å². The number of hydrogen-bond donors (Lipinski definition) is 1. The van der Waals surface area contributed by atoms with Gasteiger partial charge in [-0.2, -0.15) is 4.18 Å². The van der Waals surface area contributed by atoms with Gasteiger partial charge >= 0.3 is 0 Å². The largest absolute Gasteiger partial charge is 0.390 e. The van der Waals surface area contributed by atoms with E-state index in [1.165, 1.54) is 6.42 Å². The molecule has 0 spiro atoms. The lowest BCUT2D eigenvalue weighted by Gasteiger charge is -2.24.